The first-order valence-corrected chi connectivity index (χ1v) is 9.41. The number of benzene rings is 2. The van der Waals surface area contributed by atoms with Crippen molar-refractivity contribution in [2.24, 2.45) is 5.73 Å². The number of carboxylic acid groups (broad SMARTS) is 1. The van der Waals surface area contributed by atoms with Gasteiger partial charge in [0.2, 0.25) is 0 Å². The van der Waals surface area contributed by atoms with Crippen LogP contribution in [0.15, 0.2) is 42.5 Å². The van der Waals surface area contributed by atoms with Gasteiger partial charge >= 0.3 is 12.0 Å². The second kappa shape index (κ2) is 7.62. The highest BCUT2D eigenvalue weighted by Crippen LogP contribution is 2.38. The highest BCUT2D eigenvalue weighted by atomic mass is 16.4. The third-order valence-electron chi connectivity index (χ3n) is 5.34. The molecule has 8 heteroatoms. The van der Waals surface area contributed by atoms with Crippen molar-refractivity contribution in [3.8, 4) is 0 Å². The molecule has 0 spiro atoms. The minimum absolute atomic E-state index is 0.111. The topological polar surface area (TPSA) is 128 Å². The van der Waals surface area contributed by atoms with E-state index in [2.05, 4.69) is 0 Å². The Morgan fingerprint density at radius 1 is 1.10 bits per heavy atom. The first kappa shape index (κ1) is 21.0. The van der Waals surface area contributed by atoms with Crippen molar-refractivity contribution in [3.05, 3.63) is 70.3 Å². The Morgan fingerprint density at radius 3 is 2.17 bits per heavy atom. The molecule has 156 valence electrons. The van der Waals surface area contributed by atoms with Crippen LogP contribution in [-0.4, -0.2) is 45.2 Å². The fraction of sp³-hybridized carbons (Fsp3) is 0.273. The Kier molecular flexibility index (Phi) is 5.35. The van der Waals surface area contributed by atoms with E-state index in [0.29, 0.717) is 11.1 Å². The number of nitrogens with zero attached hydrogens (tertiary/aromatic N) is 2. The lowest BCUT2D eigenvalue weighted by atomic mass is 9.89. The summed E-state index contributed by atoms with van der Waals surface area (Å²) in [6.07, 6.45) is 0. The van der Waals surface area contributed by atoms with Crippen LogP contribution in [-0.2, 0) is 21.7 Å². The zero-order valence-corrected chi connectivity index (χ0v) is 17.1. The van der Waals surface area contributed by atoms with Crippen LogP contribution in [0.1, 0.15) is 34.7 Å². The molecule has 3 amide bonds. The number of carboxylic acids is 1. The summed E-state index contributed by atoms with van der Waals surface area (Å²) >= 11 is 0. The lowest BCUT2D eigenvalue weighted by Gasteiger charge is -2.32. The van der Waals surface area contributed by atoms with Gasteiger partial charge in [0.15, 0.2) is 0 Å². The summed E-state index contributed by atoms with van der Waals surface area (Å²) < 4.78 is 0. The van der Waals surface area contributed by atoms with Crippen molar-refractivity contribution in [3.63, 3.8) is 0 Å². The van der Waals surface area contributed by atoms with Crippen LogP contribution < -0.4 is 5.73 Å². The standard InChI is InChI=1S/C22H24N4O4/c1-13-8-14(2)10-15(9-13)11-26-21(30)25(12-18(27)28)20(29)22(26,3)17-6-4-16(5-7-17)19(23)24/h4-10H,11-12H2,1-3H3,(H3,23,24)(H,27,28)/t22-/m1/s1. The van der Waals surface area contributed by atoms with Crippen molar-refractivity contribution in [1.82, 2.24) is 9.80 Å². The predicted octanol–water partition coefficient (Wildman–Crippen LogP) is 2.35. The maximum atomic E-state index is 13.3. The fourth-order valence-electron chi connectivity index (χ4n) is 3.90. The van der Waals surface area contributed by atoms with Crippen LogP contribution in [0.25, 0.3) is 0 Å². The van der Waals surface area contributed by atoms with Gasteiger partial charge in [-0.25, -0.2) is 4.79 Å². The second-order valence-corrected chi connectivity index (χ2v) is 7.71. The Labute approximate surface area is 174 Å². The van der Waals surface area contributed by atoms with Gasteiger partial charge in [-0.2, -0.15) is 0 Å². The molecule has 2 aromatic carbocycles. The summed E-state index contributed by atoms with van der Waals surface area (Å²) in [6.45, 7) is 4.95. The normalized spacial score (nSPS) is 18.8. The highest BCUT2D eigenvalue weighted by Gasteiger charge is 2.55. The quantitative estimate of drug-likeness (QED) is 0.384. The average molecular weight is 408 g/mol. The van der Waals surface area contributed by atoms with E-state index in [1.54, 1.807) is 31.2 Å². The first-order valence-electron chi connectivity index (χ1n) is 9.41. The van der Waals surface area contributed by atoms with E-state index in [1.165, 1.54) is 4.90 Å². The van der Waals surface area contributed by atoms with E-state index in [4.69, 9.17) is 11.1 Å². The Bertz CT molecular complexity index is 1030. The van der Waals surface area contributed by atoms with Gasteiger partial charge in [0.25, 0.3) is 5.91 Å². The van der Waals surface area contributed by atoms with Gasteiger partial charge in [0.1, 0.15) is 17.9 Å². The molecule has 1 saturated heterocycles. The number of hydrogen-bond donors (Lipinski definition) is 3. The van der Waals surface area contributed by atoms with Gasteiger partial charge in [0.05, 0.1) is 0 Å². The third-order valence-corrected chi connectivity index (χ3v) is 5.34. The number of imide groups is 1. The zero-order valence-electron chi connectivity index (χ0n) is 17.1. The molecule has 0 aromatic heterocycles. The van der Waals surface area contributed by atoms with Crippen molar-refractivity contribution in [1.29, 1.82) is 5.41 Å². The molecule has 0 bridgehead atoms. The first-order chi connectivity index (χ1) is 14.0. The van der Waals surface area contributed by atoms with Crippen LogP contribution in [0.5, 0.6) is 0 Å². The van der Waals surface area contributed by atoms with Gasteiger partial charge in [-0.3, -0.25) is 19.9 Å². The number of carbonyl (C=O) groups is 3. The smallest absolute Gasteiger partial charge is 0.328 e. The number of nitrogens with one attached hydrogen (secondary N) is 1. The third kappa shape index (κ3) is 3.63. The fourth-order valence-corrected chi connectivity index (χ4v) is 3.90. The van der Waals surface area contributed by atoms with Gasteiger partial charge in [-0.1, -0.05) is 53.6 Å². The number of carbonyl (C=O) groups excluding carboxylic acids is 2. The second-order valence-electron chi connectivity index (χ2n) is 7.71. The highest BCUT2D eigenvalue weighted by molar-refractivity contribution is 6.08. The van der Waals surface area contributed by atoms with Crippen molar-refractivity contribution >= 4 is 23.7 Å². The summed E-state index contributed by atoms with van der Waals surface area (Å²) in [7, 11) is 0. The number of rotatable bonds is 6. The largest absolute Gasteiger partial charge is 0.480 e. The number of aliphatic carboxylic acids is 1. The molecule has 3 rings (SSSR count). The van der Waals surface area contributed by atoms with Crippen LogP contribution in [0, 0.1) is 19.3 Å². The van der Waals surface area contributed by atoms with E-state index in [9.17, 15) is 19.5 Å². The summed E-state index contributed by atoms with van der Waals surface area (Å²) in [5, 5.41) is 16.7. The molecule has 8 nitrogen and oxygen atoms in total. The number of nitrogens with two attached hydrogens (primary N) is 1. The van der Waals surface area contributed by atoms with Gasteiger partial charge in [-0.05, 0) is 31.9 Å². The average Bonchev–Trinajstić information content (AvgIpc) is 2.83. The molecule has 4 N–H and O–H groups in total. The molecule has 1 aliphatic heterocycles. The van der Waals surface area contributed by atoms with Crippen LogP contribution in [0.4, 0.5) is 4.79 Å². The lowest BCUT2D eigenvalue weighted by molar-refractivity contribution is -0.143. The summed E-state index contributed by atoms with van der Waals surface area (Å²) in [5.41, 5.74) is 8.02. The molecule has 0 unspecified atom stereocenters. The number of urea groups is 1. The maximum Gasteiger partial charge on any atom is 0.328 e. The summed E-state index contributed by atoms with van der Waals surface area (Å²) in [4.78, 5) is 39.8. The lowest BCUT2D eigenvalue weighted by Crippen LogP contribution is -2.44. The number of amidine groups is 1. The number of nitrogen functional groups attached to an aromatic ring is 1. The van der Waals surface area contributed by atoms with E-state index >= 15 is 0 Å². The Balaban J connectivity index is 2.09. The van der Waals surface area contributed by atoms with E-state index in [1.807, 2.05) is 32.0 Å². The summed E-state index contributed by atoms with van der Waals surface area (Å²) in [5.74, 6) is -1.98. The molecule has 30 heavy (non-hydrogen) atoms. The maximum absolute atomic E-state index is 13.3. The molecular weight excluding hydrogens is 384 g/mol. The molecule has 1 fully saturated rings. The number of amides is 3. The molecule has 1 atom stereocenters. The molecule has 0 aliphatic carbocycles. The SMILES string of the molecule is Cc1cc(C)cc(CN2C(=O)N(CC(=O)O)C(=O)[C@@]2(C)c2ccc(C(=N)N)cc2)c1. The van der Waals surface area contributed by atoms with E-state index in [-0.39, 0.29) is 12.4 Å². The van der Waals surface area contributed by atoms with Crippen LogP contribution in [0.2, 0.25) is 0 Å². The minimum Gasteiger partial charge on any atom is -0.480 e. The molecule has 2 aromatic rings. The molecule has 0 saturated carbocycles. The Hall–Kier alpha value is -3.68. The van der Waals surface area contributed by atoms with Crippen molar-refractivity contribution in [2.75, 3.05) is 6.54 Å². The van der Waals surface area contributed by atoms with Gasteiger partial charge < -0.3 is 15.7 Å². The number of aryl methyl sites for hydroxylation is 2. The number of hydrogen-bond acceptors (Lipinski definition) is 4. The minimum atomic E-state index is -1.39. The van der Waals surface area contributed by atoms with Crippen LogP contribution >= 0.6 is 0 Å². The van der Waals surface area contributed by atoms with Gasteiger partial charge in [0, 0.05) is 12.1 Å². The van der Waals surface area contributed by atoms with E-state index < -0.39 is 30.0 Å². The molecule has 1 aliphatic rings. The molecular formula is C22H24N4O4. The van der Waals surface area contributed by atoms with Gasteiger partial charge in [-0.15, -0.1) is 0 Å². The van der Waals surface area contributed by atoms with E-state index in [0.717, 1.165) is 21.6 Å². The van der Waals surface area contributed by atoms with Crippen LogP contribution in [0.3, 0.4) is 0 Å². The van der Waals surface area contributed by atoms with Crippen molar-refractivity contribution in [2.45, 2.75) is 32.9 Å². The molecule has 1 heterocycles. The predicted molar refractivity (Wildman–Crippen MR) is 111 cm³/mol. The zero-order chi connectivity index (χ0) is 22.2. The van der Waals surface area contributed by atoms with Crippen molar-refractivity contribution < 1.29 is 19.5 Å². The Morgan fingerprint density at radius 2 is 1.67 bits per heavy atom. The summed E-state index contributed by atoms with van der Waals surface area (Å²) in [6, 6.07) is 11.7. The monoisotopic (exact) mass is 408 g/mol. The molecule has 0 radical (unpaired) electrons.